The van der Waals surface area contributed by atoms with E-state index < -0.39 is 0 Å². The van der Waals surface area contributed by atoms with Crippen LogP contribution in [0, 0.1) is 0 Å². The lowest BCUT2D eigenvalue weighted by atomic mass is 10.1. The number of likely N-dealkylation sites (N-methyl/N-ethyl adjacent to an activating group) is 1. The Kier molecular flexibility index (Phi) is 4.18. The van der Waals surface area contributed by atoms with Crippen LogP contribution in [0.25, 0.3) is 11.0 Å². The molecule has 1 heterocycles. The maximum absolute atomic E-state index is 5.47. The average Bonchev–Trinajstić information content (AvgIpc) is 2.62. The number of hydrogen-bond acceptors (Lipinski definition) is 2. The summed E-state index contributed by atoms with van der Waals surface area (Å²) in [6.07, 6.45) is 2.87. The van der Waals surface area contributed by atoms with Gasteiger partial charge in [0.15, 0.2) is 0 Å². The van der Waals surface area contributed by atoms with Crippen molar-refractivity contribution in [3.05, 3.63) is 36.1 Å². The van der Waals surface area contributed by atoms with Crippen molar-refractivity contribution in [2.75, 3.05) is 7.05 Å². The minimum absolute atomic E-state index is 0. The summed E-state index contributed by atoms with van der Waals surface area (Å²) < 4.78 is 5.47. The molecular formula is C12H16ClNO. The highest BCUT2D eigenvalue weighted by molar-refractivity contribution is 5.85. The van der Waals surface area contributed by atoms with Gasteiger partial charge in [0.25, 0.3) is 0 Å². The molecule has 0 aliphatic rings. The van der Waals surface area contributed by atoms with E-state index in [-0.39, 0.29) is 12.4 Å². The van der Waals surface area contributed by atoms with Crippen LogP contribution in [0.3, 0.4) is 0 Å². The fourth-order valence-electron chi connectivity index (χ4n) is 1.62. The van der Waals surface area contributed by atoms with E-state index in [2.05, 4.69) is 18.3 Å². The van der Waals surface area contributed by atoms with Crippen LogP contribution in [0.2, 0.25) is 0 Å². The van der Waals surface area contributed by atoms with Gasteiger partial charge >= 0.3 is 0 Å². The predicted octanol–water partition coefficient (Wildman–Crippen LogP) is 3.01. The third-order valence-electron chi connectivity index (χ3n) is 2.58. The molecule has 15 heavy (non-hydrogen) atoms. The van der Waals surface area contributed by atoms with Crippen LogP contribution < -0.4 is 5.32 Å². The van der Waals surface area contributed by atoms with E-state index in [1.165, 1.54) is 10.9 Å². The lowest BCUT2D eigenvalue weighted by molar-refractivity contribution is 0.583. The van der Waals surface area contributed by atoms with Crippen molar-refractivity contribution < 1.29 is 4.42 Å². The molecule has 0 saturated heterocycles. The van der Waals surface area contributed by atoms with E-state index in [9.17, 15) is 0 Å². The zero-order valence-electron chi connectivity index (χ0n) is 8.99. The Bertz CT molecular complexity index is 424. The van der Waals surface area contributed by atoms with Crippen LogP contribution in [-0.2, 0) is 6.42 Å². The van der Waals surface area contributed by atoms with Crippen molar-refractivity contribution in [1.82, 2.24) is 5.32 Å². The fraction of sp³-hybridized carbons (Fsp3) is 0.333. The number of para-hydroxylation sites is 1. The molecule has 0 radical (unpaired) electrons. The molecule has 2 nitrogen and oxygen atoms in total. The molecule has 1 atom stereocenters. The molecule has 82 valence electrons. The average molecular weight is 226 g/mol. The van der Waals surface area contributed by atoms with E-state index >= 15 is 0 Å². The van der Waals surface area contributed by atoms with Crippen LogP contribution >= 0.6 is 12.4 Å². The van der Waals surface area contributed by atoms with Crippen molar-refractivity contribution in [3.63, 3.8) is 0 Å². The third kappa shape index (κ3) is 2.52. The first-order valence-electron chi connectivity index (χ1n) is 4.93. The Morgan fingerprint density at radius 3 is 2.80 bits per heavy atom. The third-order valence-corrected chi connectivity index (χ3v) is 2.58. The smallest absolute Gasteiger partial charge is 0.134 e. The Balaban J connectivity index is 0.00000112. The van der Waals surface area contributed by atoms with Crippen molar-refractivity contribution in [2.45, 2.75) is 19.4 Å². The van der Waals surface area contributed by atoms with E-state index in [1.54, 1.807) is 0 Å². The van der Waals surface area contributed by atoms with Crippen LogP contribution in [0.4, 0.5) is 0 Å². The fourth-order valence-corrected chi connectivity index (χ4v) is 1.62. The minimum atomic E-state index is 0. The summed E-state index contributed by atoms with van der Waals surface area (Å²) in [5.41, 5.74) is 2.26. The number of rotatable bonds is 3. The molecule has 2 rings (SSSR count). The van der Waals surface area contributed by atoms with Crippen LogP contribution in [0.15, 0.2) is 34.9 Å². The topological polar surface area (TPSA) is 25.2 Å². The maximum atomic E-state index is 5.47. The van der Waals surface area contributed by atoms with Crippen LogP contribution in [0.1, 0.15) is 12.5 Å². The first-order chi connectivity index (χ1) is 6.81. The summed E-state index contributed by atoms with van der Waals surface area (Å²) in [6, 6.07) is 8.64. The largest absolute Gasteiger partial charge is 0.464 e. The van der Waals surface area contributed by atoms with Crippen molar-refractivity contribution in [3.8, 4) is 0 Å². The van der Waals surface area contributed by atoms with Gasteiger partial charge in [-0.1, -0.05) is 18.2 Å². The summed E-state index contributed by atoms with van der Waals surface area (Å²) in [5.74, 6) is 0. The standard InChI is InChI=1S/C12H15NO.ClH/c1-9(13-2)7-10-8-14-12-6-4-3-5-11(10)12;/h3-6,8-9,13H,7H2,1-2H3;1H/t9-;/m1./s1. The summed E-state index contributed by atoms with van der Waals surface area (Å²) in [4.78, 5) is 0. The van der Waals surface area contributed by atoms with E-state index in [4.69, 9.17) is 4.42 Å². The molecule has 0 spiro atoms. The van der Waals surface area contributed by atoms with Gasteiger partial charge in [-0.2, -0.15) is 0 Å². The second-order valence-corrected chi connectivity index (χ2v) is 3.65. The lowest BCUT2D eigenvalue weighted by Crippen LogP contribution is -2.23. The molecule has 0 amide bonds. The number of fused-ring (bicyclic) bond motifs is 1. The van der Waals surface area contributed by atoms with Gasteiger partial charge < -0.3 is 9.73 Å². The summed E-state index contributed by atoms with van der Waals surface area (Å²) in [7, 11) is 1.98. The molecule has 2 aromatic rings. The number of furan rings is 1. The number of nitrogens with one attached hydrogen (secondary N) is 1. The van der Waals surface area contributed by atoms with E-state index in [0.717, 1.165) is 12.0 Å². The van der Waals surface area contributed by atoms with Gasteiger partial charge in [-0.25, -0.2) is 0 Å². The molecule has 0 aliphatic heterocycles. The molecule has 3 heteroatoms. The SMILES string of the molecule is CN[C@H](C)Cc1coc2ccccc12.Cl. The number of benzene rings is 1. The normalized spacial score (nSPS) is 12.4. The highest BCUT2D eigenvalue weighted by Crippen LogP contribution is 2.21. The first-order valence-corrected chi connectivity index (χ1v) is 4.93. The van der Waals surface area contributed by atoms with Gasteiger partial charge in [-0.05, 0) is 32.0 Å². The second-order valence-electron chi connectivity index (χ2n) is 3.65. The van der Waals surface area contributed by atoms with Crippen LogP contribution in [-0.4, -0.2) is 13.1 Å². The Labute approximate surface area is 96.1 Å². The van der Waals surface area contributed by atoms with Crippen molar-refractivity contribution in [1.29, 1.82) is 0 Å². The monoisotopic (exact) mass is 225 g/mol. The summed E-state index contributed by atoms with van der Waals surface area (Å²) in [6.45, 7) is 2.17. The van der Waals surface area contributed by atoms with Gasteiger partial charge in [-0.15, -0.1) is 12.4 Å². The zero-order chi connectivity index (χ0) is 9.97. The van der Waals surface area contributed by atoms with Crippen molar-refractivity contribution in [2.24, 2.45) is 0 Å². The maximum Gasteiger partial charge on any atom is 0.134 e. The number of halogens is 1. The quantitative estimate of drug-likeness (QED) is 0.869. The predicted molar refractivity (Wildman–Crippen MR) is 65.7 cm³/mol. The van der Waals surface area contributed by atoms with Gasteiger partial charge in [0.1, 0.15) is 5.58 Å². The van der Waals surface area contributed by atoms with Gasteiger partial charge in [0.2, 0.25) is 0 Å². The highest BCUT2D eigenvalue weighted by atomic mass is 35.5. The van der Waals surface area contributed by atoms with Crippen LogP contribution in [0.5, 0.6) is 0 Å². The first kappa shape index (κ1) is 12.1. The summed E-state index contributed by atoms with van der Waals surface area (Å²) >= 11 is 0. The molecule has 0 unspecified atom stereocenters. The van der Waals surface area contributed by atoms with Gasteiger partial charge in [-0.3, -0.25) is 0 Å². The molecular weight excluding hydrogens is 210 g/mol. The lowest BCUT2D eigenvalue weighted by Gasteiger charge is -2.07. The number of hydrogen-bond donors (Lipinski definition) is 1. The molecule has 0 fully saturated rings. The van der Waals surface area contributed by atoms with E-state index in [0.29, 0.717) is 6.04 Å². The Hall–Kier alpha value is -0.990. The molecule has 1 aromatic carbocycles. The van der Waals surface area contributed by atoms with Gasteiger partial charge in [0.05, 0.1) is 6.26 Å². The Morgan fingerprint density at radius 2 is 2.07 bits per heavy atom. The molecule has 0 aliphatic carbocycles. The minimum Gasteiger partial charge on any atom is -0.464 e. The zero-order valence-corrected chi connectivity index (χ0v) is 9.80. The van der Waals surface area contributed by atoms with E-state index in [1.807, 2.05) is 31.5 Å². The van der Waals surface area contributed by atoms with Gasteiger partial charge in [0, 0.05) is 11.4 Å². The molecule has 0 saturated carbocycles. The summed E-state index contributed by atoms with van der Waals surface area (Å²) in [5, 5.41) is 4.46. The highest BCUT2D eigenvalue weighted by Gasteiger charge is 2.07. The Morgan fingerprint density at radius 1 is 1.33 bits per heavy atom. The molecule has 1 aromatic heterocycles. The molecule has 1 N–H and O–H groups in total. The molecule has 0 bridgehead atoms. The second kappa shape index (κ2) is 5.19. The van der Waals surface area contributed by atoms with Crippen molar-refractivity contribution >= 4 is 23.4 Å².